The molecule has 0 saturated carbocycles. The summed E-state index contributed by atoms with van der Waals surface area (Å²) in [7, 11) is 1.54. The predicted octanol–water partition coefficient (Wildman–Crippen LogP) is 4.80. The Hall–Kier alpha value is -2.87. The highest BCUT2D eigenvalue weighted by Gasteiger charge is 2.31. The smallest absolute Gasteiger partial charge is 0.416 e. The molecule has 2 heterocycles. The van der Waals surface area contributed by atoms with E-state index in [0.717, 1.165) is 30.5 Å². The van der Waals surface area contributed by atoms with E-state index in [4.69, 9.17) is 6.15 Å². The van der Waals surface area contributed by atoms with Crippen molar-refractivity contribution in [1.29, 1.82) is 0 Å². The monoisotopic (exact) mass is 417 g/mol. The van der Waals surface area contributed by atoms with Crippen LogP contribution in [0.3, 0.4) is 0 Å². The van der Waals surface area contributed by atoms with Crippen molar-refractivity contribution in [2.45, 2.75) is 32.0 Å². The SMILES string of the molecule is [2H]N1CCC[C@@H](Nc2nnc(-c3ccc(C)cc3OC)c3ccc(C(F)(F)F)cc23)C1. The van der Waals surface area contributed by atoms with Gasteiger partial charge in [0, 0.05) is 28.9 Å². The van der Waals surface area contributed by atoms with Crippen molar-refractivity contribution in [3.63, 3.8) is 0 Å². The van der Waals surface area contributed by atoms with Crippen LogP contribution in [-0.2, 0) is 6.18 Å². The van der Waals surface area contributed by atoms with Gasteiger partial charge >= 0.3 is 6.18 Å². The molecule has 0 radical (unpaired) electrons. The number of aryl methyl sites for hydroxylation is 1. The van der Waals surface area contributed by atoms with E-state index in [1.54, 1.807) is 7.11 Å². The lowest BCUT2D eigenvalue weighted by Gasteiger charge is -2.25. The molecule has 2 N–H and O–H groups in total. The quantitative estimate of drug-likeness (QED) is 0.639. The molecule has 0 bridgehead atoms. The topological polar surface area (TPSA) is 59.1 Å². The summed E-state index contributed by atoms with van der Waals surface area (Å²) in [4.78, 5) is 0. The molecule has 1 aromatic heterocycles. The number of rotatable bonds is 4. The van der Waals surface area contributed by atoms with Crippen LogP contribution < -0.4 is 15.4 Å². The van der Waals surface area contributed by atoms with E-state index in [9.17, 15) is 13.2 Å². The number of nitrogens with zero attached hydrogens (tertiary/aromatic N) is 2. The molecule has 0 amide bonds. The van der Waals surface area contributed by atoms with E-state index in [1.165, 1.54) is 11.4 Å². The van der Waals surface area contributed by atoms with Crippen molar-refractivity contribution in [1.82, 2.24) is 15.5 Å². The Morgan fingerprint density at radius 1 is 1.17 bits per heavy atom. The summed E-state index contributed by atoms with van der Waals surface area (Å²) < 4.78 is 53.6. The Bertz CT molecular complexity index is 1110. The van der Waals surface area contributed by atoms with Crippen molar-refractivity contribution < 1.29 is 19.3 Å². The Labute approximate surface area is 174 Å². The second-order valence-electron chi connectivity index (χ2n) is 7.47. The third-order valence-corrected chi connectivity index (χ3v) is 5.28. The van der Waals surface area contributed by atoms with Gasteiger partial charge in [-0.25, -0.2) is 0 Å². The van der Waals surface area contributed by atoms with Crippen molar-refractivity contribution >= 4 is 16.6 Å². The molecule has 0 aliphatic carbocycles. The zero-order valence-corrected chi connectivity index (χ0v) is 16.8. The number of alkyl halides is 3. The number of piperidine rings is 1. The first kappa shape index (κ1) is 19.1. The van der Waals surface area contributed by atoms with Crippen LogP contribution in [0, 0.1) is 6.92 Å². The van der Waals surface area contributed by atoms with Gasteiger partial charge in [-0.05, 0) is 56.1 Å². The maximum absolute atomic E-state index is 13.4. The molecule has 8 heteroatoms. The number of ether oxygens (including phenoxy) is 1. The fourth-order valence-corrected chi connectivity index (χ4v) is 3.73. The van der Waals surface area contributed by atoms with Gasteiger partial charge in [0.25, 0.3) is 0 Å². The van der Waals surface area contributed by atoms with Crippen molar-refractivity contribution in [3.8, 4) is 17.0 Å². The van der Waals surface area contributed by atoms with Gasteiger partial charge in [-0.1, -0.05) is 12.1 Å². The zero-order chi connectivity index (χ0) is 22.2. The largest absolute Gasteiger partial charge is 0.496 e. The number of hydrogen-bond donors (Lipinski definition) is 2. The summed E-state index contributed by atoms with van der Waals surface area (Å²) in [5.41, 5.74) is 1.36. The molecule has 2 aromatic carbocycles. The van der Waals surface area contributed by atoms with E-state index in [0.29, 0.717) is 40.9 Å². The summed E-state index contributed by atoms with van der Waals surface area (Å²) in [6.45, 7) is 3.07. The van der Waals surface area contributed by atoms with Crippen LogP contribution in [0.2, 0.25) is 1.41 Å². The molecule has 0 unspecified atom stereocenters. The number of benzene rings is 2. The molecule has 1 atom stereocenters. The minimum atomic E-state index is -4.47. The van der Waals surface area contributed by atoms with Crippen LogP contribution >= 0.6 is 0 Å². The normalized spacial score (nSPS) is 18.3. The maximum Gasteiger partial charge on any atom is 0.416 e. The molecule has 1 saturated heterocycles. The van der Waals surface area contributed by atoms with Crippen LogP contribution in [0.4, 0.5) is 19.0 Å². The van der Waals surface area contributed by atoms with E-state index in [1.807, 2.05) is 25.1 Å². The van der Waals surface area contributed by atoms with Gasteiger partial charge in [0.15, 0.2) is 5.82 Å². The Morgan fingerprint density at radius 3 is 2.73 bits per heavy atom. The first-order chi connectivity index (χ1) is 14.8. The highest BCUT2D eigenvalue weighted by Crippen LogP contribution is 2.38. The third-order valence-electron chi connectivity index (χ3n) is 5.28. The standard InChI is InChI=1S/C22H23F3N4O/c1-13-5-7-17(19(10-13)30-2)20-16-8-6-14(22(23,24)25)11-18(16)21(29-28-20)27-15-4-3-9-26-12-15/h5-8,10-11,15,26H,3-4,9,12H2,1-2H3,(H,27,29)/t15-/m1/s1/i/hD. The number of methoxy groups -OCH3 is 1. The third kappa shape index (κ3) is 4.05. The molecule has 0 spiro atoms. The Kier molecular flexibility index (Phi) is 5.16. The highest BCUT2D eigenvalue weighted by molar-refractivity contribution is 6.01. The fourth-order valence-electron chi connectivity index (χ4n) is 3.73. The molecular formula is C22H23F3N4O. The summed E-state index contributed by atoms with van der Waals surface area (Å²) in [6, 6.07) is 9.10. The van der Waals surface area contributed by atoms with Crippen molar-refractivity contribution in [2.24, 2.45) is 0 Å². The molecule has 1 aliphatic rings. The van der Waals surface area contributed by atoms with Gasteiger partial charge in [0.1, 0.15) is 12.9 Å². The van der Waals surface area contributed by atoms with E-state index < -0.39 is 11.7 Å². The number of anilines is 1. The highest BCUT2D eigenvalue weighted by atomic mass is 19.4. The average Bonchev–Trinajstić information content (AvgIpc) is 2.73. The summed E-state index contributed by atoms with van der Waals surface area (Å²) in [5, 5.41) is 14.2. The molecule has 1 aliphatic heterocycles. The minimum absolute atomic E-state index is 0.0851. The minimum Gasteiger partial charge on any atom is -0.496 e. The molecule has 158 valence electrons. The van der Waals surface area contributed by atoms with E-state index >= 15 is 0 Å². The van der Waals surface area contributed by atoms with Crippen molar-refractivity contribution in [2.75, 3.05) is 25.5 Å². The van der Waals surface area contributed by atoms with Crippen LogP contribution in [0.15, 0.2) is 36.4 Å². The molecule has 30 heavy (non-hydrogen) atoms. The predicted molar refractivity (Wildman–Crippen MR) is 111 cm³/mol. The molecular weight excluding hydrogens is 393 g/mol. The summed E-state index contributed by atoms with van der Waals surface area (Å²) >= 11 is 0. The molecule has 1 fully saturated rings. The average molecular weight is 417 g/mol. The molecule has 3 aromatic rings. The zero-order valence-electron chi connectivity index (χ0n) is 17.8. The van der Waals surface area contributed by atoms with Gasteiger partial charge < -0.3 is 15.4 Å². The second kappa shape index (κ2) is 8.10. The number of nitrogens with one attached hydrogen (secondary N) is 2. The van der Waals surface area contributed by atoms with Gasteiger partial charge in [-0.2, -0.15) is 13.2 Å². The van der Waals surface area contributed by atoms with Gasteiger partial charge in [0.05, 0.1) is 12.7 Å². The molecule has 5 nitrogen and oxygen atoms in total. The van der Waals surface area contributed by atoms with Crippen LogP contribution in [0.5, 0.6) is 5.75 Å². The number of aromatic nitrogens is 2. The van der Waals surface area contributed by atoms with Gasteiger partial charge in [-0.3, -0.25) is 0 Å². The van der Waals surface area contributed by atoms with E-state index in [2.05, 4.69) is 15.5 Å². The molecule has 4 rings (SSSR count). The Balaban J connectivity index is 1.86. The first-order valence-electron chi connectivity index (χ1n) is 10.2. The maximum atomic E-state index is 13.4. The lowest BCUT2D eigenvalue weighted by atomic mass is 10.00. The number of fused-ring (bicyclic) bond motifs is 1. The van der Waals surface area contributed by atoms with Crippen LogP contribution in [-0.4, -0.2) is 36.4 Å². The fraction of sp³-hybridized carbons (Fsp3) is 0.364. The lowest BCUT2D eigenvalue weighted by molar-refractivity contribution is -0.137. The lowest BCUT2D eigenvalue weighted by Crippen LogP contribution is -2.38. The van der Waals surface area contributed by atoms with Gasteiger partial charge in [0.2, 0.25) is 0 Å². The Morgan fingerprint density at radius 2 is 2.00 bits per heavy atom. The van der Waals surface area contributed by atoms with Gasteiger partial charge in [-0.15, -0.1) is 10.2 Å². The number of hydrogen-bond acceptors (Lipinski definition) is 5. The van der Waals surface area contributed by atoms with E-state index in [-0.39, 0.29) is 11.9 Å². The second-order valence-corrected chi connectivity index (χ2v) is 7.47. The van der Waals surface area contributed by atoms with Crippen molar-refractivity contribution in [3.05, 3.63) is 47.5 Å². The van der Waals surface area contributed by atoms with Crippen LogP contribution in [0.25, 0.3) is 22.0 Å². The summed E-state index contributed by atoms with van der Waals surface area (Å²) in [6.07, 6.45) is -2.83. The first-order valence-corrected chi connectivity index (χ1v) is 9.79. The number of halogens is 3. The summed E-state index contributed by atoms with van der Waals surface area (Å²) in [5.74, 6) is 0.865. The van der Waals surface area contributed by atoms with Crippen LogP contribution in [0.1, 0.15) is 24.0 Å².